The molecule has 4 aromatic rings. The van der Waals surface area contributed by atoms with Crippen molar-refractivity contribution in [1.82, 2.24) is 9.88 Å². The average Bonchev–Trinajstić information content (AvgIpc) is 3.23. The highest BCUT2D eigenvalue weighted by Crippen LogP contribution is 2.38. The monoisotopic (exact) mass is 457 g/mol. The molecular formula is C27H24FN3O3. The molecule has 0 radical (unpaired) electrons. The van der Waals surface area contributed by atoms with Crippen molar-refractivity contribution in [3.63, 3.8) is 0 Å². The van der Waals surface area contributed by atoms with Gasteiger partial charge in [-0.2, -0.15) is 0 Å². The van der Waals surface area contributed by atoms with E-state index < -0.39 is 11.7 Å². The topological polar surface area (TPSA) is 88.4 Å². The summed E-state index contributed by atoms with van der Waals surface area (Å²) in [6, 6.07) is 16.4. The van der Waals surface area contributed by atoms with Crippen LogP contribution in [0.3, 0.4) is 0 Å². The highest BCUT2D eigenvalue weighted by atomic mass is 19.1. The van der Waals surface area contributed by atoms with Crippen LogP contribution in [-0.4, -0.2) is 48.0 Å². The molecule has 0 aliphatic carbocycles. The van der Waals surface area contributed by atoms with Crippen LogP contribution in [0.1, 0.15) is 11.1 Å². The molecule has 2 heterocycles. The van der Waals surface area contributed by atoms with E-state index in [4.69, 9.17) is 10.5 Å². The number of rotatable bonds is 5. The van der Waals surface area contributed by atoms with E-state index in [0.717, 1.165) is 16.5 Å². The molecule has 1 aromatic heterocycles. The zero-order valence-electron chi connectivity index (χ0n) is 18.5. The van der Waals surface area contributed by atoms with Gasteiger partial charge in [0.2, 0.25) is 11.8 Å². The van der Waals surface area contributed by atoms with Crippen LogP contribution < -0.4 is 5.73 Å². The number of ether oxygens (including phenoxy) is 1. The second kappa shape index (κ2) is 9.11. The van der Waals surface area contributed by atoms with Gasteiger partial charge in [-0.3, -0.25) is 9.59 Å². The number of amides is 2. The van der Waals surface area contributed by atoms with Gasteiger partial charge in [0.25, 0.3) is 0 Å². The number of carbonyl (C=O) groups is 2. The molecule has 0 atom stereocenters. The molecule has 3 aromatic carbocycles. The fourth-order valence-electron chi connectivity index (χ4n) is 4.52. The van der Waals surface area contributed by atoms with E-state index in [2.05, 4.69) is 4.98 Å². The molecule has 0 saturated carbocycles. The van der Waals surface area contributed by atoms with Crippen molar-refractivity contribution in [3.05, 3.63) is 77.6 Å². The third kappa shape index (κ3) is 4.18. The Morgan fingerprint density at radius 2 is 1.88 bits per heavy atom. The van der Waals surface area contributed by atoms with Gasteiger partial charge in [0, 0.05) is 41.0 Å². The number of aromatic nitrogens is 1. The third-order valence-electron chi connectivity index (χ3n) is 6.10. The zero-order valence-corrected chi connectivity index (χ0v) is 18.5. The zero-order chi connectivity index (χ0) is 23.7. The normalized spacial score (nSPS) is 14.3. The molecule has 1 aliphatic heterocycles. The number of H-pyrrole nitrogens is 1. The van der Waals surface area contributed by atoms with Gasteiger partial charge in [-0.1, -0.05) is 36.4 Å². The minimum absolute atomic E-state index is 0.0625. The SMILES string of the molecule is NC(=O)Cc1cc(F)c(-c2cccc(/C=C/C(=O)N3CCOCC3)c2)c2c1[nH]c1ccccc12. The maximum absolute atomic E-state index is 15.6. The van der Waals surface area contributed by atoms with Crippen molar-refractivity contribution < 1.29 is 18.7 Å². The minimum atomic E-state index is -0.524. The predicted octanol–water partition coefficient (Wildman–Crippen LogP) is 4.03. The number of hydrogen-bond donors (Lipinski definition) is 2. The number of primary amides is 1. The first-order valence-electron chi connectivity index (χ1n) is 11.2. The van der Waals surface area contributed by atoms with E-state index >= 15 is 4.39 Å². The summed E-state index contributed by atoms with van der Waals surface area (Å²) in [5, 5.41) is 1.57. The number of halogens is 1. The molecule has 5 rings (SSSR count). The van der Waals surface area contributed by atoms with Crippen molar-refractivity contribution in [2.24, 2.45) is 5.73 Å². The molecule has 1 fully saturated rings. The lowest BCUT2D eigenvalue weighted by molar-refractivity contribution is -0.129. The van der Waals surface area contributed by atoms with E-state index in [-0.39, 0.29) is 12.3 Å². The molecule has 0 unspecified atom stereocenters. The van der Waals surface area contributed by atoms with Crippen molar-refractivity contribution in [3.8, 4) is 11.1 Å². The lowest BCUT2D eigenvalue weighted by Gasteiger charge is -2.25. The number of nitrogens with zero attached hydrogens (tertiary/aromatic N) is 1. The number of carbonyl (C=O) groups excluding carboxylic acids is 2. The first kappa shape index (κ1) is 21.9. The average molecular weight is 458 g/mol. The number of hydrogen-bond acceptors (Lipinski definition) is 3. The number of morpholine rings is 1. The Kier molecular flexibility index (Phi) is 5.86. The van der Waals surface area contributed by atoms with Gasteiger partial charge in [0.05, 0.1) is 25.2 Å². The van der Waals surface area contributed by atoms with Crippen molar-refractivity contribution in [1.29, 1.82) is 0 Å². The molecule has 0 bridgehead atoms. The lowest BCUT2D eigenvalue weighted by atomic mass is 9.94. The van der Waals surface area contributed by atoms with Gasteiger partial charge in [-0.05, 0) is 41.0 Å². The molecule has 34 heavy (non-hydrogen) atoms. The van der Waals surface area contributed by atoms with Crippen LogP contribution in [0, 0.1) is 5.82 Å². The number of aromatic amines is 1. The molecule has 7 heteroatoms. The molecular weight excluding hydrogens is 433 g/mol. The van der Waals surface area contributed by atoms with Crippen LogP contribution in [0.2, 0.25) is 0 Å². The first-order valence-corrected chi connectivity index (χ1v) is 11.2. The number of nitrogens with one attached hydrogen (secondary N) is 1. The Hall–Kier alpha value is -3.97. The second-order valence-corrected chi connectivity index (χ2v) is 8.35. The number of benzene rings is 3. The van der Waals surface area contributed by atoms with Gasteiger partial charge in [0.1, 0.15) is 5.82 Å². The molecule has 0 spiro atoms. The van der Waals surface area contributed by atoms with Gasteiger partial charge in [-0.25, -0.2) is 4.39 Å². The highest BCUT2D eigenvalue weighted by Gasteiger charge is 2.19. The van der Waals surface area contributed by atoms with Crippen molar-refractivity contribution >= 4 is 39.7 Å². The van der Waals surface area contributed by atoms with Gasteiger partial charge < -0.3 is 20.4 Å². The van der Waals surface area contributed by atoms with E-state index in [0.29, 0.717) is 53.9 Å². The third-order valence-corrected chi connectivity index (χ3v) is 6.10. The summed E-state index contributed by atoms with van der Waals surface area (Å²) >= 11 is 0. The van der Waals surface area contributed by atoms with E-state index in [1.807, 2.05) is 48.5 Å². The predicted molar refractivity (Wildman–Crippen MR) is 131 cm³/mol. The first-order chi connectivity index (χ1) is 16.5. The summed E-state index contributed by atoms with van der Waals surface area (Å²) in [5.41, 5.74) is 9.39. The van der Waals surface area contributed by atoms with Crippen LogP contribution in [0.25, 0.3) is 39.0 Å². The summed E-state index contributed by atoms with van der Waals surface area (Å²) in [5.74, 6) is -1.03. The summed E-state index contributed by atoms with van der Waals surface area (Å²) < 4.78 is 20.8. The van der Waals surface area contributed by atoms with Crippen LogP contribution in [-0.2, 0) is 20.7 Å². The lowest BCUT2D eigenvalue weighted by Crippen LogP contribution is -2.39. The van der Waals surface area contributed by atoms with Gasteiger partial charge in [-0.15, -0.1) is 0 Å². The minimum Gasteiger partial charge on any atom is -0.378 e. The largest absolute Gasteiger partial charge is 0.378 e. The van der Waals surface area contributed by atoms with E-state index in [9.17, 15) is 9.59 Å². The molecule has 1 aliphatic rings. The fraction of sp³-hybridized carbons (Fsp3) is 0.185. The van der Waals surface area contributed by atoms with Crippen LogP contribution >= 0.6 is 0 Å². The van der Waals surface area contributed by atoms with Crippen LogP contribution in [0.15, 0.2) is 60.7 Å². The molecule has 1 saturated heterocycles. The molecule has 3 N–H and O–H groups in total. The Balaban J connectivity index is 1.59. The number of fused-ring (bicyclic) bond motifs is 3. The highest BCUT2D eigenvalue weighted by molar-refractivity contribution is 6.15. The Morgan fingerprint density at radius 3 is 2.68 bits per heavy atom. The maximum atomic E-state index is 15.6. The molecule has 2 amide bonds. The summed E-state index contributed by atoms with van der Waals surface area (Å²) in [7, 11) is 0. The van der Waals surface area contributed by atoms with Crippen LogP contribution in [0.4, 0.5) is 4.39 Å². The maximum Gasteiger partial charge on any atom is 0.246 e. The Labute approximate surface area is 195 Å². The molecule has 172 valence electrons. The van der Waals surface area contributed by atoms with Gasteiger partial charge >= 0.3 is 0 Å². The summed E-state index contributed by atoms with van der Waals surface area (Å²) in [4.78, 5) is 29.2. The quantitative estimate of drug-likeness (QED) is 0.444. The van der Waals surface area contributed by atoms with Crippen molar-refractivity contribution in [2.75, 3.05) is 26.3 Å². The second-order valence-electron chi connectivity index (χ2n) is 8.35. The Bertz CT molecular complexity index is 1430. The fourth-order valence-corrected chi connectivity index (χ4v) is 4.52. The van der Waals surface area contributed by atoms with Crippen LogP contribution in [0.5, 0.6) is 0 Å². The van der Waals surface area contributed by atoms with E-state index in [1.165, 1.54) is 12.1 Å². The smallest absolute Gasteiger partial charge is 0.246 e. The van der Waals surface area contributed by atoms with Gasteiger partial charge in [0.15, 0.2) is 0 Å². The Morgan fingerprint density at radius 1 is 1.09 bits per heavy atom. The standard InChI is InChI=1S/C27H24FN3O3/c28-21-15-19(16-23(29)32)27-26(20-6-1-2-7-22(20)30-27)25(21)18-5-3-4-17(14-18)8-9-24(33)31-10-12-34-13-11-31/h1-9,14-15,30H,10-13,16H2,(H2,29,32)/b9-8+. The summed E-state index contributed by atoms with van der Waals surface area (Å²) in [6.45, 7) is 2.23. The van der Waals surface area contributed by atoms with E-state index in [1.54, 1.807) is 11.0 Å². The molecule has 6 nitrogen and oxygen atoms in total. The summed E-state index contributed by atoms with van der Waals surface area (Å²) in [6.07, 6.45) is 3.22. The van der Waals surface area contributed by atoms with Crippen molar-refractivity contribution in [2.45, 2.75) is 6.42 Å². The number of nitrogens with two attached hydrogens (primary N) is 1. The number of para-hydroxylation sites is 1.